The lowest BCUT2D eigenvalue weighted by molar-refractivity contribution is -0.137. The number of halogens is 5. The summed E-state index contributed by atoms with van der Waals surface area (Å²) in [5, 5.41) is -0.880. The molecule has 0 amide bonds. The van der Waals surface area contributed by atoms with Gasteiger partial charge in [0.2, 0.25) is 0 Å². The molecule has 8 heteroatoms. The summed E-state index contributed by atoms with van der Waals surface area (Å²) in [6.45, 7) is 0. The van der Waals surface area contributed by atoms with E-state index in [0.717, 1.165) is 18.2 Å². The van der Waals surface area contributed by atoms with E-state index < -0.39 is 22.7 Å². The first kappa shape index (κ1) is 18.6. The predicted molar refractivity (Wildman–Crippen MR) is 86.5 cm³/mol. The van der Waals surface area contributed by atoms with Crippen molar-refractivity contribution in [2.75, 3.05) is 7.11 Å². The van der Waals surface area contributed by atoms with Crippen molar-refractivity contribution in [3.8, 4) is 5.75 Å². The van der Waals surface area contributed by atoms with Crippen LogP contribution in [0.15, 0.2) is 42.5 Å². The van der Waals surface area contributed by atoms with Crippen LogP contribution in [0.25, 0.3) is 0 Å². The SMILES string of the molecule is COC(=O)c1cccc(C(Br)Oc2ccc(C(F)(F)F)cc2Cl)c1. The molecule has 0 radical (unpaired) electrons. The molecular formula is C16H11BrClF3O3. The molecule has 0 aliphatic heterocycles. The van der Waals surface area contributed by atoms with Crippen molar-refractivity contribution in [3.63, 3.8) is 0 Å². The molecule has 0 fully saturated rings. The summed E-state index contributed by atoms with van der Waals surface area (Å²) < 4.78 is 48.0. The zero-order valence-electron chi connectivity index (χ0n) is 12.2. The Kier molecular flexibility index (Phi) is 5.77. The summed E-state index contributed by atoms with van der Waals surface area (Å²) in [6.07, 6.45) is -4.48. The lowest BCUT2D eigenvalue weighted by atomic mass is 10.1. The van der Waals surface area contributed by atoms with Gasteiger partial charge in [-0.15, -0.1) is 0 Å². The largest absolute Gasteiger partial charge is 0.473 e. The van der Waals surface area contributed by atoms with Crippen LogP contribution in [0.5, 0.6) is 5.75 Å². The van der Waals surface area contributed by atoms with E-state index in [1.165, 1.54) is 7.11 Å². The maximum Gasteiger partial charge on any atom is 0.416 e. The Hall–Kier alpha value is -1.73. The Bertz CT molecular complexity index is 750. The van der Waals surface area contributed by atoms with Gasteiger partial charge in [-0.25, -0.2) is 4.79 Å². The summed E-state index contributed by atoms with van der Waals surface area (Å²) in [4.78, 5) is 11.5. The molecule has 0 spiro atoms. The number of hydrogen-bond acceptors (Lipinski definition) is 3. The highest BCUT2D eigenvalue weighted by molar-refractivity contribution is 9.09. The minimum absolute atomic E-state index is 0.0787. The summed E-state index contributed by atoms with van der Waals surface area (Å²) in [5.74, 6) is -0.431. The molecule has 2 aromatic rings. The molecule has 1 atom stereocenters. The van der Waals surface area contributed by atoms with Crippen LogP contribution < -0.4 is 4.74 Å². The van der Waals surface area contributed by atoms with Crippen LogP contribution >= 0.6 is 27.5 Å². The summed E-state index contributed by atoms with van der Waals surface area (Å²) in [6, 6.07) is 9.25. The lowest BCUT2D eigenvalue weighted by Gasteiger charge is -2.16. The van der Waals surface area contributed by atoms with Crippen molar-refractivity contribution in [2.24, 2.45) is 0 Å². The molecule has 0 aliphatic rings. The molecule has 2 aromatic carbocycles. The van der Waals surface area contributed by atoms with Gasteiger partial charge in [0.15, 0.2) is 5.01 Å². The van der Waals surface area contributed by atoms with E-state index in [1.54, 1.807) is 24.3 Å². The van der Waals surface area contributed by atoms with Crippen LogP contribution in [0, 0.1) is 0 Å². The van der Waals surface area contributed by atoms with Gasteiger partial charge in [0, 0.05) is 5.56 Å². The van der Waals surface area contributed by atoms with Crippen LogP contribution in [-0.4, -0.2) is 13.1 Å². The van der Waals surface area contributed by atoms with E-state index in [0.29, 0.717) is 11.1 Å². The molecule has 1 unspecified atom stereocenters. The number of ether oxygens (including phenoxy) is 2. The molecule has 128 valence electrons. The van der Waals surface area contributed by atoms with Gasteiger partial charge in [-0.3, -0.25) is 0 Å². The normalized spacial score (nSPS) is 12.6. The highest BCUT2D eigenvalue weighted by Gasteiger charge is 2.31. The second-order valence-corrected chi connectivity index (χ2v) is 5.93. The Morgan fingerprint density at radius 1 is 1.21 bits per heavy atom. The third kappa shape index (κ3) is 4.42. The molecule has 0 heterocycles. The van der Waals surface area contributed by atoms with Gasteiger partial charge < -0.3 is 9.47 Å². The Morgan fingerprint density at radius 2 is 1.92 bits per heavy atom. The van der Waals surface area contributed by atoms with Crippen molar-refractivity contribution in [1.29, 1.82) is 0 Å². The Balaban J connectivity index is 2.21. The van der Waals surface area contributed by atoms with Crippen molar-refractivity contribution in [2.45, 2.75) is 11.2 Å². The lowest BCUT2D eigenvalue weighted by Crippen LogP contribution is -2.07. The summed E-state index contributed by atoms with van der Waals surface area (Å²) in [5.41, 5.74) is 0.0362. The molecule has 0 bridgehead atoms. The quantitative estimate of drug-likeness (QED) is 0.473. The van der Waals surface area contributed by atoms with Crippen LogP contribution in [0.3, 0.4) is 0 Å². The molecule has 24 heavy (non-hydrogen) atoms. The van der Waals surface area contributed by atoms with E-state index in [9.17, 15) is 18.0 Å². The van der Waals surface area contributed by atoms with E-state index >= 15 is 0 Å². The molecule has 0 saturated carbocycles. The van der Waals surface area contributed by atoms with Gasteiger partial charge in [0.05, 0.1) is 23.3 Å². The number of carbonyl (C=O) groups is 1. The minimum Gasteiger partial charge on any atom is -0.473 e. The van der Waals surface area contributed by atoms with Crippen molar-refractivity contribution in [3.05, 3.63) is 64.2 Å². The molecule has 0 saturated heterocycles. The van der Waals surface area contributed by atoms with Gasteiger partial charge in [-0.05, 0) is 46.3 Å². The first-order valence-electron chi connectivity index (χ1n) is 6.58. The molecule has 0 aromatic heterocycles. The van der Waals surface area contributed by atoms with Crippen molar-refractivity contribution < 1.29 is 27.4 Å². The fourth-order valence-corrected chi connectivity index (χ4v) is 2.59. The van der Waals surface area contributed by atoms with Crippen molar-refractivity contribution in [1.82, 2.24) is 0 Å². The van der Waals surface area contributed by atoms with Crippen LogP contribution in [0.2, 0.25) is 5.02 Å². The average Bonchev–Trinajstić information content (AvgIpc) is 2.55. The fraction of sp³-hybridized carbons (Fsp3) is 0.188. The summed E-state index contributed by atoms with van der Waals surface area (Å²) in [7, 11) is 1.26. The van der Waals surface area contributed by atoms with Gasteiger partial charge >= 0.3 is 12.1 Å². The molecular weight excluding hydrogens is 413 g/mol. The number of alkyl halides is 4. The number of rotatable bonds is 4. The van der Waals surface area contributed by atoms with Crippen LogP contribution in [0.1, 0.15) is 26.5 Å². The second-order valence-electron chi connectivity index (χ2n) is 4.69. The smallest absolute Gasteiger partial charge is 0.416 e. The maximum atomic E-state index is 12.6. The van der Waals surface area contributed by atoms with E-state index in [1.807, 2.05) is 0 Å². The average molecular weight is 424 g/mol. The third-order valence-electron chi connectivity index (χ3n) is 3.06. The maximum absolute atomic E-state index is 12.6. The topological polar surface area (TPSA) is 35.5 Å². The number of carbonyl (C=O) groups excluding carboxylic acids is 1. The van der Waals surface area contributed by atoms with E-state index in [2.05, 4.69) is 20.7 Å². The van der Waals surface area contributed by atoms with E-state index in [4.69, 9.17) is 16.3 Å². The van der Waals surface area contributed by atoms with E-state index in [-0.39, 0.29) is 10.8 Å². The van der Waals surface area contributed by atoms with Gasteiger partial charge in [0.25, 0.3) is 0 Å². The molecule has 3 nitrogen and oxygen atoms in total. The Labute approximate surface area is 149 Å². The number of methoxy groups -OCH3 is 1. The number of esters is 1. The highest BCUT2D eigenvalue weighted by atomic mass is 79.9. The highest BCUT2D eigenvalue weighted by Crippen LogP contribution is 2.37. The number of benzene rings is 2. The molecule has 0 N–H and O–H groups in total. The van der Waals surface area contributed by atoms with Gasteiger partial charge in [-0.2, -0.15) is 13.2 Å². The molecule has 2 rings (SSSR count). The Morgan fingerprint density at radius 3 is 2.50 bits per heavy atom. The van der Waals surface area contributed by atoms with Gasteiger partial charge in [0.1, 0.15) is 5.75 Å². The standard InChI is InChI=1S/C16H11BrClF3O3/c1-23-15(22)10-4-2-3-9(7-10)14(17)24-13-6-5-11(8-12(13)18)16(19,20)21/h2-8,14H,1H3. The first-order valence-corrected chi connectivity index (χ1v) is 7.87. The zero-order valence-corrected chi connectivity index (χ0v) is 14.6. The molecule has 0 aliphatic carbocycles. The fourth-order valence-electron chi connectivity index (χ4n) is 1.88. The first-order chi connectivity index (χ1) is 11.2. The monoisotopic (exact) mass is 422 g/mol. The minimum atomic E-state index is -4.48. The van der Waals surface area contributed by atoms with Crippen LogP contribution in [-0.2, 0) is 10.9 Å². The number of hydrogen-bond donors (Lipinski definition) is 0. The predicted octanol–water partition coefficient (Wildman–Crippen LogP) is 5.62. The van der Waals surface area contributed by atoms with Gasteiger partial charge in [-0.1, -0.05) is 23.7 Å². The van der Waals surface area contributed by atoms with Crippen molar-refractivity contribution >= 4 is 33.5 Å². The summed E-state index contributed by atoms with van der Waals surface area (Å²) >= 11 is 9.12. The van der Waals surface area contributed by atoms with Crippen LogP contribution in [0.4, 0.5) is 13.2 Å². The third-order valence-corrected chi connectivity index (χ3v) is 4.07. The second kappa shape index (κ2) is 7.44. The zero-order chi connectivity index (χ0) is 17.9.